The van der Waals surface area contributed by atoms with Gasteiger partial charge in [0.05, 0.1) is 11.6 Å². The Balaban J connectivity index is 1.84. The topological polar surface area (TPSA) is 50.1 Å². The van der Waals surface area contributed by atoms with Crippen LogP contribution in [0.5, 0.6) is 5.75 Å². The van der Waals surface area contributed by atoms with Gasteiger partial charge in [0.1, 0.15) is 5.75 Å². The lowest BCUT2D eigenvalue weighted by Crippen LogP contribution is -2.07. The third kappa shape index (κ3) is 13.4. The molecule has 0 aliphatic heterocycles. The number of esters is 1. The molecule has 0 heterocycles. The van der Waals surface area contributed by atoms with E-state index in [2.05, 4.69) is 13.0 Å². The van der Waals surface area contributed by atoms with Crippen LogP contribution < -0.4 is 4.74 Å². The van der Waals surface area contributed by atoms with Crippen molar-refractivity contribution in [1.82, 2.24) is 0 Å². The van der Waals surface area contributed by atoms with Crippen LogP contribution in [0.3, 0.4) is 0 Å². The van der Waals surface area contributed by atoms with E-state index in [1.807, 2.05) is 0 Å². The molecule has 1 rings (SSSR count). The predicted octanol–water partition coefficient (Wildman–Crippen LogP) is 7.73. The number of carbonyl (C=O) groups is 1. The molecule has 0 fully saturated rings. The van der Waals surface area contributed by atoms with E-state index in [1.165, 1.54) is 83.5 Å². The van der Waals surface area contributed by atoms with E-state index in [1.54, 1.807) is 24.3 Å². The molecule has 0 saturated carbocycles. The second-order valence-electron chi connectivity index (χ2n) is 7.81. The highest BCUT2D eigenvalue weighted by atomic mass is 16.5. The zero-order valence-corrected chi connectivity index (χ0v) is 17.9. The van der Waals surface area contributed by atoms with Crippen molar-refractivity contribution in [1.29, 1.82) is 5.26 Å². The fraction of sp³-hybridized carbons (Fsp3) is 0.680. The summed E-state index contributed by atoms with van der Waals surface area (Å²) in [5.74, 6) is 0.337. The fourth-order valence-electron chi connectivity index (χ4n) is 3.42. The summed E-state index contributed by atoms with van der Waals surface area (Å²) in [6, 6.07) is 8.72. The average Bonchev–Trinajstić information content (AvgIpc) is 2.71. The van der Waals surface area contributed by atoms with Gasteiger partial charge in [-0.1, -0.05) is 96.8 Å². The van der Waals surface area contributed by atoms with Gasteiger partial charge in [-0.25, -0.2) is 0 Å². The third-order valence-electron chi connectivity index (χ3n) is 5.20. The van der Waals surface area contributed by atoms with Crippen molar-refractivity contribution < 1.29 is 9.53 Å². The Labute approximate surface area is 172 Å². The van der Waals surface area contributed by atoms with Crippen LogP contribution in [0, 0.1) is 11.3 Å². The molecule has 0 atom stereocenters. The number of rotatable bonds is 17. The molecular formula is C25H39NO2. The van der Waals surface area contributed by atoms with Crippen LogP contribution in [0.1, 0.15) is 115 Å². The van der Waals surface area contributed by atoms with E-state index in [4.69, 9.17) is 10.00 Å². The van der Waals surface area contributed by atoms with Gasteiger partial charge in [0.25, 0.3) is 0 Å². The summed E-state index contributed by atoms with van der Waals surface area (Å²) >= 11 is 0. The molecule has 28 heavy (non-hydrogen) atoms. The Morgan fingerprint density at radius 1 is 0.750 bits per heavy atom. The first-order chi connectivity index (χ1) is 13.8. The molecule has 1 aromatic carbocycles. The third-order valence-corrected chi connectivity index (χ3v) is 5.20. The summed E-state index contributed by atoms with van der Waals surface area (Å²) in [4.78, 5) is 11.8. The van der Waals surface area contributed by atoms with Gasteiger partial charge in [-0.2, -0.15) is 5.26 Å². The minimum Gasteiger partial charge on any atom is -0.427 e. The van der Waals surface area contributed by atoms with Crippen LogP contribution >= 0.6 is 0 Å². The van der Waals surface area contributed by atoms with Crippen LogP contribution in [0.4, 0.5) is 0 Å². The number of benzene rings is 1. The number of nitriles is 1. The average molecular weight is 386 g/mol. The molecule has 156 valence electrons. The van der Waals surface area contributed by atoms with Crippen molar-refractivity contribution in [3.8, 4) is 11.8 Å². The molecule has 3 heteroatoms. The molecule has 0 unspecified atom stereocenters. The van der Waals surface area contributed by atoms with E-state index in [0.717, 1.165) is 12.8 Å². The Hall–Kier alpha value is -1.82. The molecule has 0 spiro atoms. The van der Waals surface area contributed by atoms with Gasteiger partial charge in [-0.05, 0) is 30.7 Å². The predicted molar refractivity (Wildman–Crippen MR) is 116 cm³/mol. The first-order valence-electron chi connectivity index (χ1n) is 11.5. The van der Waals surface area contributed by atoms with Crippen molar-refractivity contribution >= 4 is 5.97 Å². The SMILES string of the molecule is CCCCCCCCCCCCCCCCCC(=O)Oc1ccc(C#N)cc1. The molecule has 1 aromatic rings. The highest BCUT2D eigenvalue weighted by molar-refractivity contribution is 5.72. The highest BCUT2D eigenvalue weighted by Gasteiger charge is 2.04. The van der Waals surface area contributed by atoms with Gasteiger partial charge in [-0.15, -0.1) is 0 Å². The summed E-state index contributed by atoms with van der Waals surface area (Å²) in [6.07, 6.45) is 20.3. The quantitative estimate of drug-likeness (QED) is 0.157. The number of carbonyl (C=O) groups excluding carboxylic acids is 1. The monoisotopic (exact) mass is 385 g/mol. The second kappa shape index (κ2) is 17.3. The van der Waals surface area contributed by atoms with Crippen LogP contribution in [-0.4, -0.2) is 5.97 Å². The van der Waals surface area contributed by atoms with Gasteiger partial charge in [0.15, 0.2) is 0 Å². The lowest BCUT2D eigenvalue weighted by molar-refractivity contribution is -0.134. The summed E-state index contributed by atoms with van der Waals surface area (Å²) in [7, 11) is 0. The first kappa shape index (κ1) is 24.2. The van der Waals surface area contributed by atoms with Crippen LogP contribution in [-0.2, 0) is 4.79 Å². The molecule has 3 nitrogen and oxygen atoms in total. The van der Waals surface area contributed by atoms with Gasteiger partial charge >= 0.3 is 5.97 Å². The van der Waals surface area contributed by atoms with Gasteiger partial charge in [-0.3, -0.25) is 4.79 Å². The Morgan fingerprint density at radius 2 is 1.18 bits per heavy atom. The fourth-order valence-corrected chi connectivity index (χ4v) is 3.42. The lowest BCUT2D eigenvalue weighted by Gasteiger charge is -2.05. The summed E-state index contributed by atoms with van der Waals surface area (Å²) < 4.78 is 5.28. The van der Waals surface area contributed by atoms with Gasteiger partial charge in [0, 0.05) is 6.42 Å². The largest absolute Gasteiger partial charge is 0.427 e. The van der Waals surface area contributed by atoms with E-state index in [0.29, 0.717) is 17.7 Å². The summed E-state index contributed by atoms with van der Waals surface area (Å²) in [5.41, 5.74) is 0.571. The van der Waals surface area contributed by atoms with Crippen molar-refractivity contribution in [2.24, 2.45) is 0 Å². The number of ether oxygens (including phenoxy) is 1. The Bertz CT molecular complexity index is 545. The molecule has 0 amide bonds. The van der Waals surface area contributed by atoms with Gasteiger partial charge < -0.3 is 4.74 Å². The van der Waals surface area contributed by atoms with Crippen LogP contribution in [0.2, 0.25) is 0 Å². The molecule has 0 radical (unpaired) electrons. The summed E-state index contributed by atoms with van der Waals surface area (Å²) in [5, 5.41) is 8.75. The maximum atomic E-state index is 11.8. The number of nitrogens with zero attached hydrogens (tertiary/aromatic N) is 1. The van der Waals surface area contributed by atoms with Crippen molar-refractivity contribution in [2.45, 2.75) is 110 Å². The Kier molecular flexibility index (Phi) is 15.0. The molecule has 0 saturated heterocycles. The van der Waals surface area contributed by atoms with Gasteiger partial charge in [0.2, 0.25) is 0 Å². The van der Waals surface area contributed by atoms with E-state index in [-0.39, 0.29) is 5.97 Å². The number of hydrogen-bond acceptors (Lipinski definition) is 3. The second-order valence-corrected chi connectivity index (χ2v) is 7.81. The minimum atomic E-state index is -0.181. The zero-order chi connectivity index (χ0) is 20.3. The molecular weight excluding hydrogens is 346 g/mol. The standard InChI is InChI=1S/C25H39NO2/c1-2-3-4-5-6-7-8-9-10-11-12-13-14-15-16-17-25(27)28-24-20-18-23(22-26)19-21-24/h18-21H,2-17H2,1H3. The minimum absolute atomic E-state index is 0.181. The summed E-state index contributed by atoms with van der Waals surface area (Å²) in [6.45, 7) is 2.27. The van der Waals surface area contributed by atoms with Crippen molar-refractivity contribution in [2.75, 3.05) is 0 Å². The van der Waals surface area contributed by atoms with E-state index < -0.39 is 0 Å². The maximum absolute atomic E-state index is 11.8. The van der Waals surface area contributed by atoms with Crippen LogP contribution in [0.15, 0.2) is 24.3 Å². The van der Waals surface area contributed by atoms with E-state index in [9.17, 15) is 4.79 Å². The smallest absolute Gasteiger partial charge is 0.311 e. The molecule has 0 aliphatic carbocycles. The lowest BCUT2D eigenvalue weighted by atomic mass is 10.0. The normalized spacial score (nSPS) is 10.6. The number of unbranched alkanes of at least 4 members (excludes halogenated alkanes) is 14. The molecule has 0 N–H and O–H groups in total. The van der Waals surface area contributed by atoms with Crippen LogP contribution in [0.25, 0.3) is 0 Å². The van der Waals surface area contributed by atoms with Crippen molar-refractivity contribution in [3.05, 3.63) is 29.8 Å². The molecule has 0 aliphatic rings. The number of hydrogen-bond donors (Lipinski definition) is 0. The highest BCUT2D eigenvalue weighted by Crippen LogP contribution is 2.15. The Morgan fingerprint density at radius 3 is 1.61 bits per heavy atom. The van der Waals surface area contributed by atoms with Crippen molar-refractivity contribution in [3.63, 3.8) is 0 Å². The molecule has 0 aromatic heterocycles. The first-order valence-corrected chi connectivity index (χ1v) is 11.5. The van der Waals surface area contributed by atoms with E-state index >= 15 is 0 Å². The zero-order valence-electron chi connectivity index (χ0n) is 17.9. The maximum Gasteiger partial charge on any atom is 0.311 e. The molecule has 0 bridgehead atoms.